The number of carbonyl (C=O) groups excluding carboxylic acids is 10. The number of carboxylic acids is 1. The molecule has 0 spiro atoms. The van der Waals surface area contributed by atoms with E-state index in [2.05, 4.69) is 78.4 Å². The van der Waals surface area contributed by atoms with Crippen molar-refractivity contribution in [3.05, 3.63) is 148 Å². The number of aromatic amines is 2. The van der Waals surface area contributed by atoms with Crippen LogP contribution in [0.5, 0.6) is 5.75 Å². The Hall–Kier alpha value is -11.1. The molecule has 10 atom stereocenters. The monoisotopic (exact) mass is 1490 g/mol. The lowest BCUT2D eigenvalue weighted by Crippen LogP contribution is -2.66. The lowest BCUT2D eigenvalue weighted by Gasteiger charge is -2.34. The molecular weight excluding hydrogens is 1390 g/mol. The maximum Gasteiger partial charge on any atom is 0.305 e. The number of carbonyl (C=O) groups is 11. The highest BCUT2D eigenvalue weighted by Crippen LogP contribution is 2.29. The number of aryl methyl sites for hydroxylation is 5. The van der Waals surface area contributed by atoms with Crippen LogP contribution in [0.1, 0.15) is 137 Å². The van der Waals surface area contributed by atoms with Crippen molar-refractivity contribution in [2.24, 2.45) is 11.5 Å². The number of carboxylic acid groups (broad SMARTS) is 1. The summed E-state index contributed by atoms with van der Waals surface area (Å²) in [5.74, 6) is -11.8. The summed E-state index contributed by atoms with van der Waals surface area (Å²) in [7, 11) is 0. The fraction of sp³-hybridized carbons (Fsp3) is 0.473. The molecular formula is C74H100FN17O15. The number of nitrogens with zero attached hydrogens (tertiary/aromatic N) is 4. The number of amides is 10. The minimum Gasteiger partial charge on any atom is -0.494 e. The number of unbranched alkanes of at least 4 members (excludes halogenated alkanes) is 3. The number of imidazole rings is 1. The number of hydrogen-bond acceptors (Lipinski definition) is 19. The molecule has 33 heteroatoms. The van der Waals surface area contributed by atoms with Gasteiger partial charge >= 0.3 is 5.97 Å². The fourth-order valence-corrected chi connectivity index (χ4v) is 11.8. The first-order valence-corrected chi connectivity index (χ1v) is 35.6. The van der Waals surface area contributed by atoms with Crippen LogP contribution in [0.15, 0.2) is 97.5 Å². The Morgan fingerprint density at radius 3 is 1.96 bits per heavy atom. The highest BCUT2D eigenvalue weighted by atomic mass is 19.1. The van der Waals surface area contributed by atoms with Gasteiger partial charge in [0.2, 0.25) is 59.1 Å². The quantitative estimate of drug-likeness (QED) is 0.0237. The zero-order valence-corrected chi connectivity index (χ0v) is 61.2. The van der Waals surface area contributed by atoms with Gasteiger partial charge in [-0.3, -0.25) is 52.7 Å². The van der Waals surface area contributed by atoms with Crippen LogP contribution in [-0.2, 0) is 91.3 Å². The van der Waals surface area contributed by atoms with Crippen molar-refractivity contribution in [3.8, 4) is 16.9 Å². The molecule has 32 nitrogen and oxygen atoms in total. The van der Waals surface area contributed by atoms with E-state index in [4.69, 9.17) is 16.2 Å². The first kappa shape index (κ1) is 84.9. The number of tetrazole rings is 1. The highest BCUT2D eigenvalue weighted by Gasteiger charge is 2.42. The zero-order chi connectivity index (χ0) is 78.3. The highest BCUT2D eigenvalue weighted by molar-refractivity contribution is 6.00. The van der Waals surface area contributed by atoms with E-state index >= 15 is 4.39 Å². The minimum absolute atomic E-state index is 0.0534. The Morgan fingerprint density at radius 2 is 1.33 bits per heavy atom. The number of nitrogens with two attached hydrogens (primary N) is 2. The van der Waals surface area contributed by atoms with Gasteiger partial charge in [-0.15, -0.1) is 10.2 Å². The predicted octanol–water partition coefficient (Wildman–Crippen LogP) is 1.01. The molecule has 0 radical (unpaired) electrons. The van der Waals surface area contributed by atoms with Crippen molar-refractivity contribution in [2.75, 3.05) is 19.7 Å². The van der Waals surface area contributed by atoms with Crippen LogP contribution in [0.3, 0.4) is 0 Å². The standard InChI is InChI=1S/C74H100FN17O15/c1-8-49-35-53(107-30-15-14-29-76)27-28-54(49)50-25-23-47(24-26-50)34-57(69(102)83-56(66(77)99)21-16-17-48-32-42(2)31-43(3)33-48)85-70(103)59(37-63(97)98)84-67(100)44(4)81-71(104)64(45(5)93)87-73(106)74(7,38-51-18-12-13-20-55(51)75)88-72(105)65(46(6)94)86-62(96)40-79-68(101)58(36-60-89-91-92-90-60)82-61(95)22-11-9-10-19-52-39-78-41-80-52/h12-13,18,20,23-28,31-33,35,39,41,44-46,56-59,64-65,93-94H,8-11,14-17,19,21-22,29-30,34,36-38,40,76H2,1-7H3,(H2,77,99)(H,78,80)(H,79,101)(H,81,104)(H,82,95)(H,83,102)(H,84,100)(H,85,103)(H,86,96)(H,87,106)(H,88,105)(H,97,98)(H,89,90,91,92)/t44-,45+,46+,56-,57-,58-,59-,64-,65-,74-/m0/s1. The number of aliphatic hydroxyl groups excluding tert-OH is 2. The van der Waals surface area contributed by atoms with Gasteiger partial charge < -0.3 is 84.4 Å². The molecule has 6 aromatic rings. The number of aromatic nitrogens is 6. The van der Waals surface area contributed by atoms with Crippen LogP contribution >= 0.6 is 0 Å². The number of H-pyrrole nitrogens is 2. The summed E-state index contributed by atoms with van der Waals surface area (Å²) in [4.78, 5) is 159. The van der Waals surface area contributed by atoms with Gasteiger partial charge in [-0.1, -0.05) is 96.4 Å². The smallest absolute Gasteiger partial charge is 0.305 e. The molecule has 10 amide bonds. The Balaban J connectivity index is 1.14. The van der Waals surface area contributed by atoms with Gasteiger partial charge in [-0.25, -0.2) is 9.37 Å². The Bertz CT molecular complexity index is 3950. The number of nitrogens with one attached hydrogen (secondary N) is 11. The lowest BCUT2D eigenvalue weighted by molar-refractivity contribution is -0.142. The second-order valence-corrected chi connectivity index (χ2v) is 26.8. The number of ether oxygens (including phenoxy) is 1. The molecule has 4 aromatic carbocycles. The Kier molecular flexibility index (Phi) is 33.5. The van der Waals surface area contributed by atoms with Crippen LogP contribution in [0.2, 0.25) is 0 Å². The molecule has 0 aliphatic rings. The summed E-state index contributed by atoms with van der Waals surface area (Å²) in [6, 6.07) is 12.5. The van der Waals surface area contributed by atoms with Crippen LogP contribution in [0.25, 0.3) is 11.1 Å². The molecule has 0 aliphatic heterocycles. The summed E-state index contributed by atoms with van der Waals surface area (Å²) in [5.41, 5.74) is 16.3. The molecule has 0 unspecified atom stereocenters. The van der Waals surface area contributed by atoms with E-state index in [0.717, 1.165) is 98.5 Å². The van der Waals surface area contributed by atoms with Crippen molar-refractivity contribution in [1.82, 2.24) is 78.4 Å². The van der Waals surface area contributed by atoms with Gasteiger partial charge in [0.25, 0.3) is 0 Å². The first-order chi connectivity index (χ1) is 50.9. The van der Waals surface area contributed by atoms with Crippen molar-refractivity contribution in [2.45, 2.75) is 205 Å². The fourth-order valence-electron chi connectivity index (χ4n) is 11.8. The number of aliphatic carboxylic acids is 1. The summed E-state index contributed by atoms with van der Waals surface area (Å²) < 4.78 is 21.4. The largest absolute Gasteiger partial charge is 0.494 e. The van der Waals surface area contributed by atoms with Crippen LogP contribution in [-0.4, -0.2) is 191 Å². The molecule has 18 N–H and O–H groups in total. The summed E-state index contributed by atoms with van der Waals surface area (Å²) in [5, 5.41) is 67.4. The van der Waals surface area contributed by atoms with Crippen LogP contribution < -0.4 is 64.1 Å². The summed E-state index contributed by atoms with van der Waals surface area (Å²) in [6.45, 7) is 10.6. The van der Waals surface area contributed by atoms with Gasteiger partial charge in [0.05, 0.1) is 38.1 Å². The average Bonchev–Trinajstić information content (AvgIpc) is 1.32. The molecule has 6 rings (SSSR count). The molecule has 0 aliphatic carbocycles. The van der Waals surface area contributed by atoms with E-state index in [1.807, 2.05) is 69.3 Å². The normalized spacial score (nSPS) is 14.3. The third-order valence-corrected chi connectivity index (χ3v) is 17.6. The SMILES string of the molecule is CCc1cc(OCCCCN)ccc1-c1ccc(C[C@H](NC(=O)[C@H](CC(=O)O)NC(=O)[C@H](C)NC(=O)[C@@H](NC(=O)[C@](C)(Cc2ccccc2F)NC(=O)[C@@H](NC(=O)CNC(=O)[C@H](Cc2nn[nH]n2)NC(=O)CCCCCc2cnc[nH]2)[C@@H](C)O)[C@@H](C)O)C(=O)N[C@@H](CCCc2cc(C)cc(C)c2)C(N)=O)cc1. The van der Waals surface area contributed by atoms with E-state index in [0.29, 0.717) is 56.6 Å². The van der Waals surface area contributed by atoms with Gasteiger partial charge in [0.15, 0.2) is 5.82 Å². The summed E-state index contributed by atoms with van der Waals surface area (Å²) in [6.07, 6.45) is 3.66. The Morgan fingerprint density at radius 1 is 0.654 bits per heavy atom. The third kappa shape index (κ3) is 27.7. The average molecular weight is 1490 g/mol. The second kappa shape index (κ2) is 42.2. The molecule has 0 fully saturated rings. The van der Waals surface area contributed by atoms with E-state index in [1.54, 1.807) is 24.7 Å². The Labute approximate surface area is 619 Å². The minimum atomic E-state index is -2.31. The number of primary amides is 1. The van der Waals surface area contributed by atoms with Crippen molar-refractivity contribution in [3.63, 3.8) is 0 Å². The molecule has 578 valence electrons. The lowest BCUT2D eigenvalue weighted by atomic mass is 9.90. The molecule has 2 aromatic heterocycles. The topological polar surface area (TPSA) is 501 Å². The molecule has 0 saturated carbocycles. The number of halogens is 1. The number of benzene rings is 4. The van der Waals surface area contributed by atoms with Crippen molar-refractivity contribution >= 4 is 65.0 Å². The molecule has 107 heavy (non-hydrogen) atoms. The number of hydrogen-bond donors (Lipinski definition) is 16. The van der Waals surface area contributed by atoms with E-state index < -0.39 is 150 Å². The van der Waals surface area contributed by atoms with Crippen molar-refractivity contribution in [1.29, 1.82) is 0 Å². The third-order valence-electron chi connectivity index (χ3n) is 17.6. The van der Waals surface area contributed by atoms with Crippen molar-refractivity contribution < 1.29 is 77.2 Å². The summed E-state index contributed by atoms with van der Waals surface area (Å²) >= 11 is 0. The van der Waals surface area contributed by atoms with Crippen LogP contribution in [0, 0.1) is 19.7 Å². The maximum atomic E-state index is 15.5. The first-order valence-electron chi connectivity index (χ1n) is 35.6. The molecule has 2 heterocycles. The number of rotatable bonds is 45. The molecule has 0 bridgehead atoms. The van der Waals surface area contributed by atoms with Crippen LogP contribution in [0.4, 0.5) is 4.39 Å². The molecule has 0 saturated heterocycles. The van der Waals surface area contributed by atoms with Gasteiger partial charge in [0.1, 0.15) is 59.4 Å². The second-order valence-electron chi connectivity index (χ2n) is 26.8. The van der Waals surface area contributed by atoms with E-state index in [9.17, 15) is 68.1 Å². The van der Waals surface area contributed by atoms with E-state index in [1.165, 1.54) is 18.2 Å². The number of aliphatic hydroxyl groups is 2. The van der Waals surface area contributed by atoms with Gasteiger partial charge in [0, 0.05) is 37.6 Å². The predicted molar refractivity (Wildman–Crippen MR) is 390 cm³/mol. The van der Waals surface area contributed by atoms with E-state index in [-0.39, 0.29) is 37.1 Å². The van der Waals surface area contributed by atoms with Gasteiger partial charge in [-0.05, 0) is 157 Å². The maximum absolute atomic E-state index is 15.5. The zero-order valence-electron chi connectivity index (χ0n) is 61.2. The van der Waals surface area contributed by atoms with Gasteiger partial charge in [-0.2, -0.15) is 5.21 Å².